The number of nitrogens with one attached hydrogen (secondary N) is 1. The number of rotatable bonds is 37. The number of hydrogen-bond donors (Lipinski definition) is 3. The molecule has 0 saturated carbocycles. The van der Waals surface area contributed by atoms with Gasteiger partial charge in [-0.05, 0) is 64.7 Å². The highest BCUT2D eigenvalue weighted by molar-refractivity contribution is 5.67. The van der Waals surface area contributed by atoms with Gasteiger partial charge in [0.2, 0.25) is 0 Å². The van der Waals surface area contributed by atoms with Crippen molar-refractivity contribution in [2.24, 2.45) is 11.5 Å². The van der Waals surface area contributed by atoms with Gasteiger partial charge in [-0.2, -0.15) is 0 Å². The summed E-state index contributed by atoms with van der Waals surface area (Å²) in [6.45, 7) is 11.1. The van der Waals surface area contributed by atoms with Gasteiger partial charge in [-0.15, -0.1) is 0 Å². The first-order valence-electron chi connectivity index (χ1n) is 19.4. The lowest BCUT2D eigenvalue weighted by Crippen LogP contribution is -2.37. The Balaban J connectivity index is 4.46. The third-order valence-corrected chi connectivity index (χ3v) is 8.42. The maximum atomic E-state index is 13.0. The molecular formula is C37H78N4O4. The first-order chi connectivity index (χ1) is 22.2. The molecule has 0 aliphatic rings. The lowest BCUT2D eigenvalue weighted by molar-refractivity contribution is -0.0506. The van der Waals surface area contributed by atoms with Gasteiger partial charge in [0.05, 0.1) is 6.61 Å². The van der Waals surface area contributed by atoms with Crippen molar-refractivity contribution in [1.29, 1.82) is 0 Å². The van der Waals surface area contributed by atoms with Crippen LogP contribution in [0, 0.1) is 0 Å². The Labute approximate surface area is 279 Å². The molecule has 8 heteroatoms. The monoisotopic (exact) mass is 643 g/mol. The van der Waals surface area contributed by atoms with Crippen molar-refractivity contribution in [2.45, 2.75) is 168 Å². The Morgan fingerprint density at radius 3 is 1.62 bits per heavy atom. The van der Waals surface area contributed by atoms with Gasteiger partial charge >= 0.3 is 6.09 Å². The predicted octanol–water partition coefficient (Wildman–Crippen LogP) is 8.35. The van der Waals surface area contributed by atoms with E-state index in [1.165, 1.54) is 109 Å². The number of ether oxygens (including phenoxy) is 3. The van der Waals surface area contributed by atoms with Crippen LogP contribution in [-0.4, -0.2) is 82.8 Å². The predicted molar refractivity (Wildman–Crippen MR) is 192 cm³/mol. The minimum absolute atomic E-state index is 0.228. The van der Waals surface area contributed by atoms with Crippen LogP contribution in [0.3, 0.4) is 0 Å². The van der Waals surface area contributed by atoms with Crippen LogP contribution in [-0.2, 0) is 14.2 Å². The van der Waals surface area contributed by atoms with Gasteiger partial charge in [-0.25, -0.2) is 4.79 Å². The Morgan fingerprint density at radius 2 is 1.07 bits per heavy atom. The molecule has 0 rings (SSSR count). The molecular weight excluding hydrogens is 564 g/mol. The maximum absolute atomic E-state index is 13.0. The molecule has 1 amide bonds. The minimum Gasteiger partial charge on any atom is -0.447 e. The largest absolute Gasteiger partial charge is 0.447 e. The van der Waals surface area contributed by atoms with Crippen molar-refractivity contribution < 1.29 is 19.0 Å². The molecule has 5 N–H and O–H groups in total. The van der Waals surface area contributed by atoms with E-state index in [4.69, 9.17) is 25.7 Å². The van der Waals surface area contributed by atoms with Gasteiger partial charge in [0.25, 0.3) is 0 Å². The Morgan fingerprint density at radius 1 is 0.578 bits per heavy atom. The third-order valence-electron chi connectivity index (χ3n) is 8.42. The fraction of sp³-hybridized carbons (Fsp3) is 0.973. The lowest BCUT2D eigenvalue weighted by atomic mass is 10.1. The molecule has 0 heterocycles. The van der Waals surface area contributed by atoms with Crippen molar-refractivity contribution in [1.82, 2.24) is 10.2 Å². The van der Waals surface area contributed by atoms with Gasteiger partial charge in [-0.3, -0.25) is 0 Å². The molecule has 1 unspecified atom stereocenters. The SMILES string of the molecule is CCCCCCCCCCCCOCC(COC(=O)N(CCCN)CCCCNCCCN)OCCCCCCCCCCC. The van der Waals surface area contributed by atoms with E-state index >= 15 is 0 Å². The zero-order valence-corrected chi connectivity index (χ0v) is 30.1. The highest BCUT2D eigenvalue weighted by Gasteiger charge is 2.18. The second-order valence-corrected chi connectivity index (χ2v) is 12.9. The average molecular weight is 643 g/mol. The Hall–Kier alpha value is -0.930. The Kier molecular flexibility index (Phi) is 36.8. The number of carbonyl (C=O) groups excluding carboxylic acids is 1. The zero-order chi connectivity index (χ0) is 32.9. The zero-order valence-electron chi connectivity index (χ0n) is 30.1. The molecule has 270 valence electrons. The molecule has 0 fully saturated rings. The number of hydrogen-bond acceptors (Lipinski definition) is 7. The van der Waals surface area contributed by atoms with Gasteiger partial charge in [0, 0.05) is 26.3 Å². The highest BCUT2D eigenvalue weighted by atomic mass is 16.6. The van der Waals surface area contributed by atoms with Gasteiger partial charge in [-0.1, -0.05) is 123 Å². The summed E-state index contributed by atoms with van der Waals surface area (Å²) < 4.78 is 18.0. The van der Waals surface area contributed by atoms with Crippen LogP contribution in [0.4, 0.5) is 4.79 Å². The molecule has 0 aromatic heterocycles. The minimum atomic E-state index is -0.272. The van der Waals surface area contributed by atoms with Crippen LogP contribution >= 0.6 is 0 Å². The van der Waals surface area contributed by atoms with Crippen molar-refractivity contribution >= 4 is 6.09 Å². The molecule has 1 atom stereocenters. The molecule has 0 aliphatic heterocycles. The molecule has 0 spiro atoms. The second-order valence-electron chi connectivity index (χ2n) is 12.9. The molecule has 8 nitrogen and oxygen atoms in total. The van der Waals surface area contributed by atoms with Crippen LogP contribution in [0.2, 0.25) is 0 Å². The summed E-state index contributed by atoms with van der Waals surface area (Å²) in [7, 11) is 0. The van der Waals surface area contributed by atoms with E-state index in [-0.39, 0.29) is 18.8 Å². The van der Waals surface area contributed by atoms with Crippen LogP contribution < -0.4 is 16.8 Å². The van der Waals surface area contributed by atoms with Gasteiger partial charge in [0.1, 0.15) is 12.7 Å². The molecule has 0 aromatic rings. The lowest BCUT2D eigenvalue weighted by Gasteiger charge is -2.24. The number of unbranched alkanes of at least 4 members (excludes halogenated alkanes) is 18. The first-order valence-corrected chi connectivity index (χ1v) is 19.4. The molecule has 45 heavy (non-hydrogen) atoms. The van der Waals surface area contributed by atoms with E-state index in [0.717, 1.165) is 58.2 Å². The number of amides is 1. The summed E-state index contributed by atoms with van der Waals surface area (Å²) in [5, 5.41) is 3.40. The summed E-state index contributed by atoms with van der Waals surface area (Å²) >= 11 is 0. The van der Waals surface area contributed by atoms with Crippen LogP contribution in [0.25, 0.3) is 0 Å². The molecule has 0 aliphatic carbocycles. The average Bonchev–Trinajstić information content (AvgIpc) is 3.05. The Bertz CT molecular complexity index is 585. The second kappa shape index (κ2) is 37.5. The topological polar surface area (TPSA) is 112 Å². The van der Waals surface area contributed by atoms with Crippen molar-refractivity contribution in [3.63, 3.8) is 0 Å². The standard InChI is InChI=1S/C37H78N4O4/c1-3-5-7-9-11-13-15-16-18-22-32-43-34-36(44-33-23-19-17-14-12-10-8-6-4-2)35-45-37(42)41(31-25-27-39)30-21-20-28-40-29-24-26-38/h36,40H,3-35,38-39H2,1-2H3. The first kappa shape index (κ1) is 44.1. The van der Waals surface area contributed by atoms with E-state index in [1.54, 1.807) is 4.90 Å². The summed E-state index contributed by atoms with van der Waals surface area (Å²) in [6.07, 6.45) is 27.9. The van der Waals surface area contributed by atoms with Crippen molar-refractivity contribution in [3.8, 4) is 0 Å². The summed E-state index contributed by atoms with van der Waals surface area (Å²) in [5.74, 6) is 0. The molecule has 0 radical (unpaired) electrons. The molecule has 0 aromatic carbocycles. The fourth-order valence-corrected chi connectivity index (χ4v) is 5.45. The van der Waals surface area contributed by atoms with Crippen LogP contribution in [0.15, 0.2) is 0 Å². The van der Waals surface area contributed by atoms with Gasteiger partial charge < -0.3 is 35.9 Å². The number of carbonyl (C=O) groups is 1. The normalized spacial score (nSPS) is 12.1. The maximum Gasteiger partial charge on any atom is 0.409 e. The summed E-state index contributed by atoms with van der Waals surface area (Å²) in [4.78, 5) is 14.8. The van der Waals surface area contributed by atoms with E-state index < -0.39 is 0 Å². The smallest absolute Gasteiger partial charge is 0.409 e. The number of nitrogens with two attached hydrogens (primary N) is 2. The number of nitrogens with zero attached hydrogens (tertiary/aromatic N) is 1. The third kappa shape index (κ3) is 32.8. The summed E-state index contributed by atoms with van der Waals surface area (Å²) in [6, 6.07) is 0. The van der Waals surface area contributed by atoms with Crippen molar-refractivity contribution in [2.75, 3.05) is 65.7 Å². The van der Waals surface area contributed by atoms with Crippen LogP contribution in [0.5, 0.6) is 0 Å². The van der Waals surface area contributed by atoms with E-state index in [9.17, 15) is 4.79 Å². The highest BCUT2D eigenvalue weighted by Crippen LogP contribution is 2.12. The van der Waals surface area contributed by atoms with E-state index in [2.05, 4.69) is 19.2 Å². The van der Waals surface area contributed by atoms with Crippen LogP contribution in [0.1, 0.15) is 162 Å². The fourth-order valence-electron chi connectivity index (χ4n) is 5.45. The summed E-state index contributed by atoms with van der Waals surface area (Å²) in [5.41, 5.74) is 11.3. The van der Waals surface area contributed by atoms with E-state index in [0.29, 0.717) is 39.4 Å². The van der Waals surface area contributed by atoms with Gasteiger partial charge in [0.15, 0.2) is 0 Å². The van der Waals surface area contributed by atoms with Crippen molar-refractivity contribution in [3.05, 3.63) is 0 Å². The van der Waals surface area contributed by atoms with E-state index in [1.807, 2.05) is 0 Å². The quantitative estimate of drug-likeness (QED) is 0.0584. The molecule has 0 bridgehead atoms. The molecule has 0 saturated heterocycles.